The predicted molar refractivity (Wildman–Crippen MR) is 72.3 cm³/mol. The van der Waals surface area contributed by atoms with Gasteiger partial charge in [-0.15, -0.1) is 0 Å². The van der Waals surface area contributed by atoms with Gasteiger partial charge < -0.3 is 14.9 Å². The number of carbonyl (C=O) groups is 1. The van der Waals surface area contributed by atoms with E-state index in [-0.39, 0.29) is 11.5 Å². The van der Waals surface area contributed by atoms with Crippen LogP contribution in [0.25, 0.3) is 0 Å². The molecule has 0 aliphatic heterocycles. The van der Waals surface area contributed by atoms with Crippen molar-refractivity contribution >= 4 is 51.3 Å². The Morgan fingerprint density at radius 2 is 2.13 bits per heavy atom. The average Bonchev–Trinajstić information content (AvgIpc) is 2.10. The van der Waals surface area contributed by atoms with Crippen molar-refractivity contribution in [1.82, 2.24) is 0 Å². The maximum Gasteiger partial charge on any atom is 0.511 e. The fourth-order valence-electron chi connectivity index (χ4n) is 1.08. The van der Waals surface area contributed by atoms with Crippen LogP contribution in [-0.2, 0) is 6.42 Å². The summed E-state index contributed by atoms with van der Waals surface area (Å²) in [5.74, 6) is -0.119. The van der Waals surface area contributed by atoms with E-state index >= 15 is 0 Å². The Hall–Kier alpha value is -0.250. The molecule has 0 fully saturated rings. The monoisotopic (exact) mass is 434 g/mol. The SMILES string of the molecule is O=C(O)Oc1cccc(CC(I)I)c1O. The van der Waals surface area contributed by atoms with Crippen LogP contribution in [0.15, 0.2) is 18.2 Å². The number of ether oxygens (including phenoxy) is 1. The number of phenolic OH excluding ortho intramolecular Hbond substituents is 1. The molecule has 1 aromatic carbocycles. The number of aromatic hydroxyl groups is 1. The Labute approximate surface area is 114 Å². The number of hydrogen-bond acceptors (Lipinski definition) is 3. The molecule has 0 bridgehead atoms. The third-order valence-electron chi connectivity index (χ3n) is 1.65. The second kappa shape index (κ2) is 5.73. The van der Waals surface area contributed by atoms with Crippen LogP contribution in [0.5, 0.6) is 11.5 Å². The second-order valence-corrected chi connectivity index (χ2v) is 8.12. The van der Waals surface area contributed by atoms with Crippen molar-refractivity contribution < 1.29 is 19.7 Å². The first-order valence-electron chi connectivity index (χ1n) is 4.00. The molecule has 0 atom stereocenters. The summed E-state index contributed by atoms with van der Waals surface area (Å²) < 4.78 is 4.75. The van der Waals surface area contributed by atoms with E-state index in [1.54, 1.807) is 12.1 Å². The van der Waals surface area contributed by atoms with Crippen molar-refractivity contribution in [2.75, 3.05) is 0 Å². The van der Waals surface area contributed by atoms with Crippen LogP contribution in [0.2, 0.25) is 0 Å². The van der Waals surface area contributed by atoms with Crippen molar-refractivity contribution in [3.05, 3.63) is 23.8 Å². The molecule has 0 heterocycles. The lowest BCUT2D eigenvalue weighted by Crippen LogP contribution is -2.04. The summed E-state index contributed by atoms with van der Waals surface area (Å²) in [4.78, 5) is 10.3. The lowest BCUT2D eigenvalue weighted by Gasteiger charge is -2.08. The summed E-state index contributed by atoms with van der Waals surface area (Å²) in [6, 6.07) is 4.82. The zero-order valence-corrected chi connectivity index (χ0v) is 11.8. The maximum absolute atomic E-state index is 10.3. The first kappa shape index (κ1) is 12.8. The summed E-state index contributed by atoms with van der Waals surface area (Å²) in [6.45, 7) is 0. The molecule has 0 aliphatic rings. The zero-order valence-electron chi connectivity index (χ0n) is 7.48. The Bertz CT molecular complexity index is 365. The molecule has 4 nitrogen and oxygen atoms in total. The minimum Gasteiger partial charge on any atom is -0.504 e. The first-order valence-corrected chi connectivity index (χ1v) is 6.49. The minimum absolute atomic E-state index is 0.0200. The van der Waals surface area contributed by atoms with Gasteiger partial charge in [-0.1, -0.05) is 57.3 Å². The number of alkyl halides is 2. The molecule has 0 radical (unpaired) electrons. The number of benzene rings is 1. The van der Waals surface area contributed by atoms with Crippen LogP contribution >= 0.6 is 45.2 Å². The number of hydrogen-bond donors (Lipinski definition) is 2. The molecule has 6 heteroatoms. The summed E-state index contributed by atoms with van der Waals surface area (Å²) >= 11 is 4.44. The van der Waals surface area contributed by atoms with Crippen molar-refractivity contribution in [3.8, 4) is 11.5 Å². The van der Waals surface area contributed by atoms with E-state index in [4.69, 9.17) is 5.11 Å². The van der Waals surface area contributed by atoms with E-state index < -0.39 is 6.16 Å². The van der Waals surface area contributed by atoms with Gasteiger partial charge in [-0.05, 0) is 18.1 Å². The molecule has 1 aromatic rings. The molecule has 0 aromatic heterocycles. The molecule has 0 unspecified atom stereocenters. The van der Waals surface area contributed by atoms with Crippen LogP contribution in [0.4, 0.5) is 4.79 Å². The normalized spacial score (nSPS) is 10.3. The third-order valence-corrected chi connectivity index (χ3v) is 2.53. The average molecular weight is 434 g/mol. The Morgan fingerprint density at radius 3 is 2.67 bits per heavy atom. The molecule has 0 aliphatic carbocycles. The molecule has 0 saturated carbocycles. The highest BCUT2D eigenvalue weighted by atomic mass is 127. The van der Waals surface area contributed by atoms with E-state index in [9.17, 15) is 9.90 Å². The molecule has 0 amide bonds. The Morgan fingerprint density at radius 1 is 1.47 bits per heavy atom. The van der Waals surface area contributed by atoms with Crippen LogP contribution < -0.4 is 4.74 Å². The molecule has 82 valence electrons. The predicted octanol–water partition coefficient (Wildman–Crippen LogP) is 3.19. The quantitative estimate of drug-likeness (QED) is 0.332. The number of para-hydroxylation sites is 1. The molecular weight excluding hydrogens is 426 g/mol. The van der Waals surface area contributed by atoms with Gasteiger partial charge in [0.2, 0.25) is 0 Å². The van der Waals surface area contributed by atoms with E-state index in [0.29, 0.717) is 13.9 Å². The van der Waals surface area contributed by atoms with Gasteiger partial charge in [-0.3, -0.25) is 0 Å². The molecular formula is C9H8I2O4. The largest absolute Gasteiger partial charge is 0.511 e. The van der Waals surface area contributed by atoms with Crippen molar-refractivity contribution in [1.29, 1.82) is 0 Å². The summed E-state index contributed by atoms with van der Waals surface area (Å²) in [5, 5.41) is 18.1. The van der Waals surface area contributed by atoms with Crippen LogP contribution in [-0.4, -0.2) is 18.3 Å². The van der Waals surface area contributed by atoms with Gasteiger partial charge in [0.15, 0.2) is 11.5 Å². The molecule has 0 spiro atoms. The van der Waals surface area contributed by atoms with Gasteiger partial charge >= 0.3 is 6.16 Å². The topological polar surface area (TPSA) is 66.8 Å². The smallest absolute Gasteiger partial charge is 0.504 e. The zero-order chi connectivity index (χ0) is 11.4. The number of halogens is 2. The fraction of sp³-hybridized carbons (Fsp3) is 0.222. The summed E-state index contributed by atoms with van der Waals surface area (Å²) in [5.41, 5.74) is 0.683. The van der Waals surface area contributed by atoms with Gasteiger partial charge in [0.25, 0.3) is 0 Å². The molecule has 15 heavy (non-hydrogen) atoms. The Kier molecular flexibility index (Phi) is 4.90. The van der Waals surface area contributed by atoms with Gasteiger partial charge in [-0.25, -0.2) is 4.79 Å². The van der Waals surface area contributed by atoms with Gasteiger partial charge in [0.05, 0.1) is 1.93 Å². The van der Waals surface area contributed by atoms with E-state index in [2.05, 4.69) is 49.9 Å². The maximum atomic E-state index is 10.3. The van der Waals surface area contributed by atoms with Crippen molar-refractivity contribution in [2.45, 2.75) is 8.35 Å². The van der Waals surface area contributed by atoms with Crippen molar-refractivity contribution in [2.24, 2.45) is 0 Å². The Balaban J connectivity index is 2.95. The lowest BCUT2D eigenvalue weighted by atomic mass is 10.1. The van der Waals surface area contributed by atoms with E-state index in [1.165, 1.54) is 6.07 Å². The molecule has 0 saturated heterocycles. The summed E-state index contributed by atoms with van der Waals surface area (Å²) in [7, 11) is 0. The standard InChI is InChI=1S/C9H8I2O4/c10-7(11)4-5-2-1-3-6(8(5)12)15-9(13)14/h1-3,7,12H,4H2,(H,13,14). The fourth-order valence-corrected chi connectivity index (χ4v) is 2.02. The van der Waals surface area contributed by atoms with Crippen molar-refractivity contribution in [3.63, 3.8) is 0 Å². The number of rotatable bonds is 3. The highest BCUT2D eigenvalue weighted by molar-refractivity contribution is 14.2. The van der Waals surface area contributed by atoms with E-state index in [0.717, 1.165) is 0 Å². The van der Waals surface area contributed by atoms with Crippen LogP contribution in [0.1, 0.15) is 5.56 Å². The van der Waals surface area contributed by atoms with Gasteiger partial charge in [-0.2, -0.15) is 0 Å². The summed E-state index contributed by atoms with van der Waals surface area (Å²) in [6.07, 6.45) is -0.771. The van der Waals surface area contributed by atoms with Gasteiger partial charge in [0.1, 0.15) is 0 Å². The highest BCUT2D eigenvalue weighted by Crippen LogP contribution is 2.32. The third kappa shape index (κ3) is 4.01. The highest BCUT2D eigenvalue weighted by Gasteiger charge is 2.12. The lowest BCUT2D eigenvalue weighted by molar-refractivity contribution is 0.143. The molecule has 2 N–H and O–H groups in total. The van der Waals surface area contributed by atoms with Gasteiger partial charge in [0, 0.05) is 0 Å². The number of carboxylic acid groups (broad SMARTS) is 1. The molecule has 1 rings (SSSR count). The van der Waals surface area contributed by atoms with Crippen LogP contribution in [0, 0.1) is 0 Å². The second-order valence-electron chi connectivity index (χ2n) is 2.73. The number of phenols is 1. The van der Waals surface area contributed by atoms with Crippen LogP contribution in [0.3, 0.4) is 0 Å². The first-order chi connectivity index (χ1) is 7.00. The van der Waals surface area contributed by atoms with E-state index in [1.807, 2.05) is 0 Å². The minimum atomic E-state index is -1.43.